The van der Waals surface area contributed by atoms with E-state index in [4.69, 9.17) is 32.7 Å². The summed E-state index contributed by atoms with van der Waals surface area (Å²) in [6.45, 7) is 7.62. The molecule has 3 heterocycles. The van der Waals surface area contributed by atoms with Gasteiger partial charge in [0.25, 0.3) is 0 Å². The lowest BCUT2D eigenvalue weighted by Gasteiger charge is -2.45. The van der Waals surface area contributed by atoms with Crippen LogP contribution in [0, 0.1) is 5.92 Å². The summed E-state index contributed by atoms with van der Waals surface area (Å²) < 4.78 is 56.7. The fourth-order valence-corrected chi connectivity index (χ4v) is 8.56. The number of halogens is 5. The Morgan fingerprint density at radius 2 is 1.65 bits per heavy atom. The number of carbonyl (C=O) groups excluding carboxylic acids is 4. The van der Waals surface area contributed by atoms with Gasteiger partial charge >= 0.3 is 6.18 Å². The molecule has 350 valence electrons. The molecule has 2 fully saturated rings. The first kappa shape index (κ1) is 49.3. The van der Waals surface area contributed by atoms with Gasteiger partial charge in [0, 0.05) is 60.4 Å². The second-order valence-corrected chi connectivity index (χ2v) is 18.8. The van der Waals surface area contributed by atoms with Gasteiger partial charge < -0.3 is 39.8 Å². The van der Waals surface area contributed by atoms with Gasteiger partial charge in [-0.2, -0.15) is 13.2 Å². The maximum atomic E-state index is 14.5. The number of benzene rings is 3. The van der Waals surface area contributed by atoms with Crippen LogP contribution in [0.15, 0.2) is 72.9 Å². The third-order valence-electron chi connectivity index (χ3n) is 11.7. The highest BCUT2D eigenvalue weighted by atomic mass is 35.5. The fraction of sp³-hybridized carbons (Fsp3) is 0.468. The first-order chi connectivity index (χ1) is 30.6. The molecule has 3 N–H and O–H groups in total. The average Bonchev–Trinajstić information content (AvgIpc) is 3.61. The smallest absolute Gasteiger partial charge is 0.389 e. The first-order valence-corrected chi connectivity index (χ1v) is 22.2. The lowest BCUT2D eigenvalue weighted by molar-refractivity contribution is -0.164. The van der Waals surface area contributed by atoms with Crippen LogP contribution in [-0.4, -0.2) is 99.1 Å². The second kappa shape index (κ2) is 20.6. The van der Waals surface area contributed by atoms with Crippen LogP contribution in [0.4, 0.5) is 13.2 Å². The number of rotatable bonds is 12. The van der Waals surface area contributed by atoms with Crippen LogP contribution < -0.4 is 20.7 Å². The molecule has 65 heavy (non-hydrogen) atoms. The second-order valence-electron chi connectivity index (χ2n) is 18.0. The average molecular weight is 943 g/mol. The quantitative estimate of drug-likeness (QED) is 0.132. The number of methoxy groups -OCH3 is 1. The van der Waals surface area contributed by atoms with E-state index in [9.17, 15) is 32.3 Å². The number of hydrogen-bond donors (Lipinski definition) is 3. The van der Waals surface area contributed by atoms with E-state index in [-0.39, 0.29) is 44.0 Å². The summed E-state index contributed by atoms with van der Waals surface area (Å²) in [5, 5.41) is 9.99. The van der Waals surface area contributed by atoms with Crippen LogP contribution in [0.1, 0.15) is 70.3 Å². The van der Waals surface area contributed by atoms with Gasteiger partial charge in [0.15, 0.2) is 0 Å². The first-order valence-electron chi connectivity index (χ1n) is 21.5. The summed E-state index contributed by atoms with van der Waals surface area (Å²) >= 11 is 12.6. The lowest BCUT2D eigenvalue weighted by atomic mass is 9.82. The molecule has 0 aliphatic carbocycles. The van der Waals surface area contributed by atoms with Crippen molar-refractivity contribution in [1.82, 2.24) is 35.3 Å². The zero-order chi connectivity index (χ0) is 47.3. The molecule has 2 aliphatic heterocycles. The molecular weight excluding hydrogens is 886 g/mol. The van der Waals surface area contributed by atoms with Crippen LogP contribution >= 0.6 is 23.2 Å². The number of imidazole rings is 1. The standard InChI is InChI=1S/C47H56Cl2F3N7O6/c1-29-42(61)55-37(27-64-6)43(62)56-46(22-30-8-13-34(48)14-9-30)18-7-19-58(28-46)44(63)33(23-47(50,51)52)20-41(60)59(29)26-32-10-15-35(49)21-39(32)65-36-16-11-31(12-17-36)38-24-53-40(57(38)5)25-54-45(2,3)4/h8-17,21,24,29,33,37,54H,7,18-20,22-23,25-28H2,1-6H3,(H,55,61)(H,56,62)/t29-,33-,37-,46+/m0/s1. The predicted octanol–water partition coefficient (Wildman–Crippen LogP) is 7.62. The van der Waals surface area contributed by atoms with Crippen molar-refractivity contribution >= 4 is 46.8 Å². The minimum Gasteiger partial charge on any atom is -0.457 e. The third-order valence-corrected chi connectivity index (χ3v) is 12.2. The van der Waals surface area contributed by atoms with E-state index in [1.807, 2.05) is 23.7 Å². The highest BCUT2D eigenvalue weighted by Gasteiger charge is 2.45. The van der Waals surface area contributed by atoms with Gasteiger partial charge in [0.2, 0.25) is 23.6 Å². The number of carbonyl (C=O) groups is 4. The van der Waals surface area contributed by atoms with Crippen molar-refractivity contribution in [3.63, 3.8) is 0 Å². The van der Waals surface area contributed by atoms with Crippen molar-refractivity contribution in [1.29, 1.82) is 0 Å². The number of piperidine rings is 1. The van der Waals surface area contributed by atoms with Gasteiger partial charge in [0.1, 0.15) is 29.4 Å². The SMILES string of the molecule is COC[C@@H]1NC(=O)[C@H](C)N(Cc2ccc(Cl)cc2Oc2ccc(-c3cnc(CNC(C)(C)C)n3C)cc2)C(=O)C[C@@H](CC(F)(F)F)C(=O)N2CCC[C@@](Cc3ccc(Cl)cc3)(C2)NC1=O. The Morgan fingerprint density at radius 1 is 0.954 bits per heavy atom. The third kappa shape index (κ3) is 13.0. The zero-order valence-electron chi connectivity index (χ0n) is 37.4. The molecule has 0 radical (unpaired) electrons. The Bertz CT molecular complexity index is 2340. The topological polar surface area (TPSA) is 147 Å². The molecule has 0 unspecified atom stereocenters. The number of fused-ring (bicyclic) bond motifs is 2. The summed E-state index contributed by atoms with van der Waals surface area (Å²) in [6, 6.07) is 16.2. The van der Waals surface area contributed by atoms with Gasteiger partial charge in [-0.05, 0) is 101 Å². The molecule has 0 spiro atoms. The number of nitrogens with one attached hydrogen (secondary N) is 3. The molecule has 2 bridgehead atoms. The van der Waals surface area contributed by atoms with E-state index in [0.29, 0.717) is 40.7 Å². The summed E-state index contributed by atoms with van der Waals surface area (Å²) in [6.07, 6.45) is -4.52. The monoisotopic (exact) mass is 941 g/mol. The summed E-state index contributed by atoms with van der Waals surface area (Å²) in [5.41, 5.74) is 1.64. The van der Waals surface area contributed by atoms with Crippen molar-refractivity contribution in [2.24, 2.45) is 13.0 Å². The van der Waals surface area contributed by atoms with Crippen molar-refractivity contribution in [3.05, 3.63) is 99.9 Å². The van der Waals surface area contributed by atoms with Gasteiger partial charge in [-0.25, -0.2) is 4.98 Å². The van der Waals surface area contributed by atoms with E-state index in [1.54, 1.807) is 54.7 Å². The maximum Gasteiger partial charge on any atom is 0.389 e. The molecule has 1 aromatic heterocycles. The van der Waals surface area contributed by atoms with Crippen LogP contribution in [0.25, 0.3) is 11.3 Å². The van der Waals surface area contributed by atoms with Crippen LogP contribution in [0.5, 0.6) is 11.5 Å². The minimum absolute atomic E-state index is 0.0909. The number of ether oxygens (including phenoxy) is 2. The number of amides is 4. The number of aromatic nitrogens is 2. The molecule has 18 heteroatoms. The van der Waals surface area contributed by atoms with Gasteiger partial charge in [-0.15, -0.1) is 0 Å². The highest BCUT2D eigenvalue weighted by molar-refractivity contribution is 6.31. The summed E-state index contributed by atoms with van der Waals surface area (Å²) in [4.78, 5) is 64.2. The predicted molar refractivity (Wildman–Crippen MR) is 241 cm³/mol. The minimum atomic E-state index is -4.81. The Kier molecular flexibility index (Phi) is 15.6. The zero-order valence-corrected chi connectivity index (χ0v) is 38.9. The van der Waals surface area contributed by atoms with Crippen molar-refractivity contribution in [2.75, 3.05) is 26.8 Å². The number of alkyl halides is 3. The van der Waals surface area contributed by atoms with E-state index in [2.05, 4.69) is 41.7 Å². The molecule has 2 saturated heterocycles. The van der Waals surface area contributed by atoms with E-state index in [1.165, 1.54) is 25.0 Å². The van der Waals surface area contributed by atoms with Crippen LogP contribution in [-0.2, 0) is 50.5 Å². The van der Waals surface area contributed by atoms with Crippen molar-refractivity contribution in [2.45, 2.75) is 102 Å². The number of hydrogen-bond acceptors (Lipinski definition) is 8. The van der Waals surface area contributed by atoms with Gasteiger partial charge in [-0.3, -0.25) is 19.2 Å². The molecule has 3 aromatic carbocycles. The normalized spacial score (nSPS) is 21.5. The highest BCUT2D eigenvalue weighted by Crippen LogP contribution is 2.35. The van der Waals surface area contributed by atoms with Crippen LogP contribution in [0.3, 0.4) is 0 Å². The van der Waals surface area contributed by atoms with Gasteiger partial charge in [0.05, 0.1) is 49.5 Å². The molecule has 4 aromatic rings. The van der Waals surface area contributed by atoms with Crippen molar-refractivity contribution < 1.29 is 41.8 Å². The largest absolute Gasteiger partial charge is 0.457 e. The Morgan fingerprint density at radius 3 is 2.31 bits per heavy atom. The molecule has 0 saturated carbocycles. The molecular formula is C47H56Cl2F3N7O6. The van der Waals surface area contributed by atoms with E-state index < -0.39 is 66.2 Å². The lowest BCUT2D eigenvalue weighted by Crippen LogP contribution is -2.65. The maximum absolute atomic E-state index is 14.5. The molecule has 6 rings (SSSR count). The molecule has 2 aliphatic rings. The molecule has 4 amide bonds. The number of nitrogens with zero attached hydrogens (tertiary/aromatic N) is 4. The Balaban J connectivity index is 1.31. The summed E-state index contributed by atoms with van der Waals surface area (Å²) in [7, 11) is 3.30. The van der Waals surface area contributed by atoms with Crippen LogP contribution in [0.2, 0.25) is 10.0 Å². The van der Waals surface area contributed by atoms with E-state index in [0.717, 1.165) is 27.5 Å². The summed E-state index contributed by atoms with van der Waals surface area (Å²) in [5.74, 6) is -3.51. The Labute approximate surface area is 387 Å². The molecule has 4 atom stereocenters. The Hall–Kier alpha value is -5.16. The van der Waals surface area contributed by atoms with Crippen molar-refractivity contribution in [3.8, 4) is 22.8 Å². The molecule has 13 nitrogen and oxygen atoms in total. The van der Waals surface area contributed by atoms with Gasteiger partial charge in [-0.1, -0.05) is 41.4 Å². The fourth-order valence-electron chi connectivity index (χ4n) is 8.27. The van der Waals surface area contributed by atoms with E-state index >= 15 is 0 Å².